The molecule has 0 bridgehead atoms. The van der Waals surface area contributed by atoms with Crippen LogP contribution in [-0.4, -0.2) is 12.5 Å². The molecule has 3 heteroatoms. The van der Waals surface area contributed by atoms with Crippen molar-refractivity contribution < 1.29 is 4.74 Å². The molecule has 0 amide bonds. The molecule has 0 aliphatic rings. The highest BCUT2D eigenvalue weighted by Crippen LogP contribution is 2.28. The van der Waals surface area contributed by atoms with Crippen molar-refractivity contribution in [2.24, 2.45) is 5.92 Å². The SMILES string of the molecule is CCC(Cc1cc(Cl)ccc1OC)C(C)Cl. The first kappa shape index (κ1) is 13.7. The van der Waals surface area contributed by atoms with Gasteiger partial charge in [-0.2, -0.15) is 0 Å². The molecule has 0 aromatic heterocycles. The van der Waals surface area contributed by atoms with Gasteiger partial charge in [0.25, 0.3) is 0 Å². The molecule has 0 saturated carbocycles. The van der Waals surface area contributed by atoms with Gasteiger partial charge in [-0.25, -0.2) is 0 Å². The largest absolute Gasteiger partial charge is 0.496 e. The Morgan fingerprint density at radius 1 is 1.38 bits per heavy atom. The van der Waals surface area contributed by atoms with Crippen molar-refractivity contribution >= 4 is 23.2 Å². The lowest BCUT2D eigenvalue weighted by Crippen LogP contribution is -2.14. The summed E-state index contributed by atoms with van der Waals surface area (Å²) in [4.78, 5) is 0. The van der Waals surface area contributed by atoms with Gasteiger partial charge < -0.3 is 4.74 Å². The number of ether oxygens (including phenoxy) is 1. The fourth-order valence-electron chi connectivity index (χ4n) is 1.82. The maximum absolute atomic E-state index is 6.16. The van der Waals surface area contributed by atoms with E-state index < -0.39 is 0 Å². The van der Waals surface area contributed by atoms with E-state index in [1.54, 1.807) is 7.11 Å². The molecule has 0 heterocycles. The lowest BCUT2D eigenvalue weighted by molar-refractivity contribution is 0.401. The van der Waals surface area contributed by atoms with Crippen molar-refractivity contribution in [3.8, 4) is 5.75 Å². The molecule has 1 rings (SSSR count). The van der Waals surface area contributed by atoms with Gasteiger partial charge in [-0.05, 0) is 43.0 Å². The second-order valence-corrected chi connectivity index (χ2v) is 5.13. The van der Waals surface area contributed by atoms with Crippen LogP contribution in [0.1, 0.15) is 25.8 Å². The Labute approximate surface area is 108 Å². The molecule has 1 nitrogen and oxygen atoms in total. The molecule has 1 aromatic rings. The third-order valence-corrected chi connectivity index (χ3v) is 3.49. The van der Waals surface area contributed by atoms with Crippen LogP contribution in [0.4, 0.5) is 0 Å². The molecule has 16 heavy (non-hydrogen) atoms. The van der Waals surface area contributed by atoms with E-state index in [1.807, 2.05) is 25.1 Å². The molecule has 0 aliphatic carbocycles. The van der Waals surface area contributed by atoms with E-state index in [0.717, 1.165) is 29.2 Å². The monoisotopic (exact) mass is 260 g/mol. The number of methoxy groups -OCH3 is 1. The number of alkyl halides is 1. The topological polar surface area (TPSA) is 9.23 Å². The van der Waals surface area contributed by atoms with Gasteiger partial charge in [0.05, 0.1) is 7.11 Å². The third-order valence-electron chi connectivity index (χ3n) is 2.90. The maximum Gasteiger partial charge on any atom is 0.122 e. The van der Waals surface area contributed by atoms with E-state index in [0.29, 0.717) is 5.92 Å². The fraction of sp³-hybridized carbons (Fsp3) is 0.538. The Hall–Kier alpha value is -0.400. The van der Waals surface area contributed by atoms with Crippen LogP contribution in [0.15, 0.2) is 18.2 Å². The minimum Gasteiger partial charge on any atom is -0.496 e. The molecule has 90 valence electrons. The van der Waals surface area contributed by atoms with Crippen molar-refractivity contribution in [1.29, 1.82) is 0 Å². The van der Waals surface area contributed by atoms with Gasteiger partial charge in [-0.15, -0.1) is 11.6 Å². The highest BCUT2D eigenvalue weighted by atomic mass is 35.5. The highest BCUT2D eigenvalue weighted by molar-refractivity contribution is 6.30. The van der Waals surface area contributed by atoms with Gasteiger partial charge in [-0.1, -0.05) is 24.9 Å². The Morgan fingerprint density at radius 2 is 2.06 bits per heavy atom. The summed E-state index contributed by atoms with van der Waals surface area (Å²) in [5.41, 5.74) is 1.13. The van der Waals surface area contributed by atoms with Crippen molar-refractivity contribution in [1.82, 2.24) is 0 Å². The molecule has 2 atom stereocenters. The van der Waals surface area contributed by atoms with Crippen molar-refractivity contribution in [3.63, 3.8) is 0 Å². The van der Waals surface area contributed by atoms with E-state index in [2.05, 4.69) is 6.92 Å². The fourth-order valence-corrected chi connectivity index (χ4v) is 2.28. The first-order valence-electron chi connectivity index (χ1n) is 5.55. The van der Waals surface area contributed by atoms with Gasteiger partial charge in [0, 0.05) is 10.4 Å². The minimum absolute atomic E-state index is 0.161. The van der Waals surface area contributed by atoms with Gasteiger partial charge in [0.15, 0.2) is 0 Å². The molecular formula is C13H18Cl2O. The predicted molar refractivity (Wildman–Crippen MR) is 70.8 cm³/mol. The Kier molecular flexibility index (Phi) is 5.43. The summed E-state index contributed by atoms with van der Waals surface area (Å²) in [6, 6.07) is 5.71. The van der Waals surface area contributed by atoms with E-state index >= 15 is 0 Å². The first-order valence-corrected chi connectivity index (χ1v) is 6.36. The van der Waals surface area contributed by atoms with Gasteiger partial charge >= 0.3 is 0 Å². The van der Waals surface area contributed by atoms with E-state index in [-0.39, 0.29) is 5.38 Å². The Morgan fingerprint density at radius 3 is 2.56 bits per heavy atom. The molecule has 1 aromatic carbocycles. The van der Waals surface area contributed by atoms with E-state index in [4.69, 9.17) is 27.9 Å². The number of hydrogen-bond donors (Lipinski definition) is 0. The molecule has 0 saturated heterocycles. The van der Waals surface area contributed by atoms with Gasteiger partial charge in [0.2, 0.25) is 0 Å². The lowest BCUT2D eigenvalue weighted by Gasteiger charge is -2.19. The Bertz CT molecular complexity index is 337. The van der Waals surface area contributed by atoms with Crippen LogP contribution in [0.5, 0.6) is 5.75 Å². The zero-order valence-electron chi connectivity index (χ0n) is 9.97. The normalized spacial score (nSPS) is 14.6. The number of rotatable bonds is 5. The van der Waals surface area contributed by atoms with Gasteiger partial charge in [-0.3, -0.25) is 0 Å². The van der Waals surface area contributed by atoms with Crippen LogP contribution >= 0.6 is 23.2 Å². The zero-order valence-corrected chi connectivity index (χ0v) is 11.5. The first-order chi connectivity index (χ1) is 7.58. The summed E-state index contributed by atoms with van der Waals surface area (Å²) >= 11 is 12.1. The standard InChI is InChI=1S/C13H18Cl2O/c1-4-10(9(2)14)7-11-8-12(15)5-6-13(11)16-3/h5-6,8-10H,4,7H2,1-3H3. The number of halogens is 2. The molecule has 0 radical (unpaired) electrons. The summed E-state index contributed by atoms with van der Waals surface area (Å²) in [6.45, 7) is 4.19. The second-order valence-electron chi connectivity index (χ2n) is 4.01. The molecular weight excluding hydrogens is 243 g/mol. The van der Waals surface area contributed by atoms with Crippen molar-refractivity contribution in [2.45, 2.75) is 32.1 Å². The van der Waals surface area contributed by atoms with Crippen LogP contribution in [0.2, 0.25) is 5.02 Å². The predicted octanol–water partition coefficient (Wildman–Crippen LogP) is 4.54. The number of hydrogen-bond acceptors (Lipinski definition) is 1. The molecule has 0 fully saturated rings. The van der Waals surface area contributed by atoms with Crippen LogP contribution < -0.4 is 4.74 Å². The summed E-state index contributed by atoms with van der Waals surface area (Å²) < 4.78 is 5.32. The maximum atomic E-state index is 6.16. The van der Waals surface area contributed by atoms with Gasteiger partial charge in [0.1, 0.15) is 5.75 Å². The summed E-state index contributed by atoms with van der Waals surface area (Å²) in [7, 11) is 1.68. The summed E-state index contributed by atoms with van der Waals surface area (Å²) in [5.74, 6) is 1.34. The average molecular weight is 261 g/mol. The molecule has 0 N–H and O–H groups in total. The number of benzene rings is 1. The van der Waals surface area contributed by atoms with E-state index in [1.165, 1.54) is 0 Å². The van der Waals surface area contributed by atoms with Crippen LogP contribution in [0.25, 0.3) is 0 Å². The van der Waals surface area contributed by atoms with Crippen LogP contribution in [0, 0.1) is 5.92 Å². The highest BCUT2D eigenvalue weighted by Gasteiger charge is 2.16. The Balaban J connectivity index is 2.89. The quantitative estimate of drug-likeness (QED) is 0.707. The lowest BCUT2D eigenvalue weighted by atomic mass is 9.94. The molecule has 0 spiro atoms. The second kappa shape index (κ2) is 6.36. The van der Waals surface area contributed by atoms with Crippen molar-refractivity contribution in [3.05, 3.63) is 28.8 Å². The van der Waals surface area contributed by atoms with Crippen molar-refractivity contribution in [2.75, 3.05) is 7.11 Å². The summed E-state index contributed by atoms with van der Waals surface area (Å²) in [5, 5.41) is 0.904. The zero-order chi connectivity index (χ0) is 12.1. The average Bonchev–Trinajstić information content (AvgIpc) is 2.25. The smallest absolute Gasteiger partial charge is 0.122 e. The molecule has 0 aliphatic heterocycles. The van der Waals surface area contributed by atoms with Crippen LogP contribution in [0.3, 0.4) is 0 Å². The third kappa shape index (κ3) is 3.57. The molecule has 2 unspecified atom stereocenters. The summed E-state index contributed by atoms with van der Waals surface area (Å²) in [6.07, 6.45) is 1.96. The van der Waals surface area contributed by atoms with E-state index in [9.17, 15) is 0 Å². The van der Waals surface area contributed by atoms with Crippen LogP contribution in [-0.2, 0) is 6.42 Å². The minimum atomic E-state index is 0.161.